The minimum absolute atomic E-state index is 0.0479. The monoisotopic (exact) mass is 393 g/mol. The van der Waals surface area contributed by atoms with Crippen LogP contribution in [0.1, 0.15) is 18.9 Å². The molecule has 0 saturated carbocycles. The summed E-state index contributed by atoms with van der Waals surface area (Å²) >= 11 is 0. The number of hydrogen-bond acceptors (Lipinski definition) is 6. The fourth-order valence-electron chi connectivity index (χ4n) is 3.21. The van der Waals surface area contributed by atoms with E-state index in [2.05, 4.69) is 15.2 Å². The Labute approximate surface area is 165 Å². The first-order chi connectivity index (χ1) is 13.9. The van der Waals surface area contributed by atoms with Crippen molar-refractivity contribution in [2.24, 2.45) is 18.5 Å². The van der Waals surface area contributed by atoms with Gasteiger partial charge in [0.1, 0.15) is 11.5 Å². The van der Waals surface area contributed by atoms with Crippen LogP contribution in [0.4, 0.5) is 0 Å². The van der Waals surface area contributed by atoms with Crippen LogP contribution in [0.5, 0.6) is 0 Å². The number of aromatic nitrogens is 7. The molecule has 29 heavy (non-hydrogen) atoms. The lowest BCUT2D eigenvalue weighted by atomic mass is 10.1. The van der Waals surface area contributed by atoms with Gasteiger partial charge in [-0.2, -0.15) is 10.2 Å². The van der Waals surface area contributed by atoms with E-state index < -0.39 is 17.9 Å². The highest BCUT2D eigenvalue weighted by Gasteiger charge is 2.20. The molecule has 0 fully saturated rings. The molecule has 0 aliphatic heterocycles. The summed E-state index contributed by atoms with van der Waals surface area (Å²) in [5.74, 6) is -0.467. The first-order valence-corrected chi connectivity index (χ1v) is 8.85. The standard InChI is InChI=1S/C18H19N9O2/c1-25-9-11(7-22-25)14-6-17-21-2-3-26(17)18(24-14)12-8-23-27(10-12)13(4-15(19)28)5-16(20)29/h2-3,6-10,13H,4-5H2,1H3,(H2,19,28)(H2,20,29). The molecule has 4 N–H and O–H groups in total. The number of aryl methyl sites for hydroxylation is 1. The van der Waals surface area contributed by atoms with Crippen molar-refractivity contribution < 1.29 is 9.59 Å². The summed E-state index contributed by atoms with van der Waals surface area (Å²) in [5.41, 5.74) is 13.6. The fourth-order valence-corrected chi connectivity index (χ4v) is 3.21. The van der Waals surface area contributed by atoms with E-state index in [1.165, 1.54) is 4.68 Å². The van der Waals surface area contributed by atoms with Crippen molar-refractivity contribution in [3.8, 4) is 22.6 Å². The summed E-state index contributed by atoms with van der Waals surface area (Å²) < 4.78 is 5.05. The lowest BCUT2D eigenvalue weighted by Gasteiger charge is -2.13. The van der Waals surface area contributed by atoms with Gasteiger partial charge in [0.25, 0.3) is 0 Å². The van der Waals surface area contributed by atoms with E-state index in [-0.39, 0.29) is 12.8 Å². The maximum absolute atomic E-state index is 11.4. The van der Waals surface area contributed by atoms with E-state index in [9.17, 15) is 9.59 Å². The van der Waals surface area contributed by atoms with E-state index in [0.29, 0.717) is 22.7 Å². The van der Waals surface area contributed by atoms with E-state index in [4.69, 9.17) is 16.5 Å². The van der Waals surface area contributed by atoms with Crippen molar-refractivity contribution in [2.75, 3.05) is 0 Å². The highest BCUT2D eigenvalue weighted by atomic mass is 16.1. The number of rotatable bonds is 7. The van der Waals surface area contributed by atoms with Crippen LogP contribution >= 0.6 is 0 Å². The highest BCUT2D eigenvalue weighted by Crippen LogP contribution is 2.26. The molecule has 0 aliphatic carbocycles. The van der Waals surface area contributed by atoms with Crippen molar-refractivity contribution in [1.29, 1.82) is 0 Å². The molecule has 0 radical (unpaired) electrons. The first kappa shape index (κ1) is 18.3. The van der Waals surface area contributed by atoms with Gasteiger partial charge in [0.15, 0.2) is 0 Å². The minimum Gasteiger partial charge on any atom is -0.370 e. The lowest BCUT2D eigenvalue weighted by molar-refractivity contribution is -0.120. The lowest BCUT2D eigenvalue weighted by Crippen LogP contribution is -2.24. The van der Waals surface area contributed by atoms with Gasteiger partial charge < -0.3 is 11.5 Å². The molecule has 4 rings (SSSR count). The third kappa shape index (κ3) is 3.70. The summed E-state index contributed by atoms with van der Waals surface area (Å²) in [7, 11) is 1.83. The van der Waals surface area contributed by atoms with E-state index in [0.717, 1.165) is 5.56 Å². The zero-order chi connectivity index (χ0) is 20.5. The van der Waals surface area contributed by atoms with E-state index >= 15 is 0 Å². The van der Waals surface area contributed by atoms with E-state index in [1.54, 1.807) is 35.7 Å². The Bertz CT molecular complexity index is 1190. The molecule has 11 nitrogen and oxygen atoms in total. The molecule has 11 heteroatoms. The molecule has 0 saturated heterocycles. The SMILES string of the molecule is Cn1cc(-c2cc3nccn3c(-c3cnn(C(CC(N)=O)CC(N)=O)c3)n2)cn1. The third-order valence-corrected chi connectivity index (χ3v) is 4.50. The molecule has 4 aromatic rings. The number of carbonyl (C=O) groups is 2. The Morgan fingerprint density at radius 2 is 1.79 bits per heavy atom. The topological polar surface area (TPSA) is 152 Å². The number of imidazole rings is 1. The van der Waals surface area contributed by atoms with Crippen LogP contribution in [-0.2, 0) is 16.6 Å². The predicted molar refractivity (Wildman–Crippen MR) is 103 cm³/mol. The van der Waals surface area contributed by atoms with Crippen LogP contribution in [0.3, 0.4) is 0 Å². The molecular formula is C18H19N9O2. The zero-order valence-electron chi connectivity index (χ0n) is 15.6. The van der Waals surface area contributed by atoms with Crippen LogP contribution in [0.25, 0.3) is 28.3 Å². The molecule has 0 unspecified atom stereocenters. The van der Waals surface area contributed by atoms with Crippen LogP contribution < -0.4 is 11.5 Å². The molecule has 0 atom stereocenters. The van der Waals surface area contributed by atoms with Gasteiger partial charge in [-0.15, -0.1) is 0 Å². The van der Waals surface area contributed by atoms with E-state index in [1.807, 2.05) is 23.7 Å². The van der Waals surface area contributed by atoms with Crippen LogP contribution in [0.2, 0.25) is 0 Å². The van der Waals surface area contributed by atoms with Crippen molar-refractivity contribution in [3.63, 3.8) is 0 Å². The van der Waals surface area contributed by atoms with Gasteiger partial charge in [-0.05, 0) is 0 Å². The molecular weight excluding hydrogens is 374 g/mol. The Morgan fingerprint density at radius 3 is 2.45 bits per heavy atom. The summed E-state index contributed by atoms with van der Waals surface area (Å²) in [4.78, 5) is 31.9. The second-order valence-corrected chi connectivity index (χ2v) is 6.73. The van der Waals surface area contributed by atoms with Gasteiger partial charge in [0.05, 0.1) is 29.7 Å². The average Bonchev–Trinajstić information content (AvgIpc) is 3.39. The molecule has 148 valence electrons. The van der Waals surface area contributed by atoms with Gasteiger partial charge >= 0.3 is 0 Å². The molecule has 2 amide bonds. The number of nitrogens with zero attached hydrogens (tertiary/aromatic N) is 7. The molecule has 0 bridgehead atoms. The number of nitrogens with two attached hydrogens (primary N) is 2. The van der Waals surface area contributed by atoms with Crippen LogP contribution in [0, 0.1) is 0 Å². The third-order valence-electron chi connectivity index (χ3n) is 4.50. The predicted octanol–water partition coefficient (Wildman–Crippen LogP) is 0.285. The van der Waals surface area contributed by atoms with Gasteiger partial charge in [-0.3, -0.25) is 23.4 Å². The van der Waals surface area contributed by atoms with Crippen molar-refractivity contribution >= 4 is 17.5 Å². The number of fused-ring (bicyclic) bond motifs is 1. The Hall–Kier alpha value is -4.02. The number of amides is 2. The summed E-state index contributed by atoms with van der Waals surface area (Å²) in [6.45, 7) is 0. The van der Waals surface area contributed by atoms with Gasteiger partial charge in [0.2, 0.25) is 11.8 Å². The Balaban J connectivity index is 1.78. The molecule has 4 heterocycles. The molecule has 0 spiro atoms. The summed E-state index contributed by atoms with van der Waals surface area (Å²) in [5, 5.41) is 8.50. The second-order valence-electron chi connectivity index (χ2n) is 6.73. The van der Waals surface area contributed by atoms with Crippen molar-refractivity contribution in [1.82, 2.24) is 33.9 Å². The van der Waals surface area contributed by atoms with Crippen molar-refractivity contribution in [2.45, 2.75) is 18.9 Å². The number of hydrogen-bond donors (Lipinski definition) is 2. The second kappa shape index (κ2) is 7.19. The largest absolute Gasteiger partial charge is 0.370 e. The Kier molecular flexibility index (Phi) is 4.55. The van der Waals surface area contributed by atoms with Gasteiger partial charge in [-0.25, -0.2) is 9.97 Å². The Morgan fingerprint density at radius 1 is 1.07 bits per heavy atom. The zero-order valence-corrected chi connectivity index (χ0v) is 15.6. The fraction of sp³-hybridized carbons (Fsp3) is 0.222. The maximum Gasteiger partial charge on any atom is 0.219 e. The molecule has 0 aliphatic rings. The number of carbonyl (C=O) groups excluding carboxylic acids is 2. The van der Waals surface area contributed by atoms with Crippen LogP contribution in [0.15, 0.2) is 43.2 Å². The quantitative estimate of drug-likeness (QED) is 0.460. The maximum atomic E-state index is 11.4. The summed E-state index contributed by atoms with van der Waals surface area (Å²) in [6.07, 6.45) is 10.3. The normalized spacial score (nSPS) is 11.4. The smallest absolute Gasteiger partial charge is 0.219 e. The van der Waals surface area contributed by atoms with Crippen molar-refractivity contribution in [3.05, 3.63) is 43.2 Å². The number of primary amides is 2. The average molecular weight is 393 g/mol. The molecule has 0 aromatic carbocycles. The first-order valence-electron chi connectivity index (χ1n) is 8.85. The minimum atomic E-state index is -0.557. The summed E-state index contributed by atoms with van der Waals surface area (Å²) in [6, 6.07) is 1.31. The molecule has 4 aromatic heterocycles. The van der Waals surface area contributed by atoms with Crippen LogP contribution in [-0.4, -0.2) is 45.7 Å². The van der Waals surface area contributed by atoms with Gasteiger partial charge in [-0.1, -0.05) is 0 Å². The highest BCUT2D eigenvalue weighted by molar-refractivity contribution is 5.78. The van der Waals surface area contributed by atoms with Gasteiger partial charge in [0, 0.05) is 56.3 Å².